The Balaban J connectivity index is 1.43. The number of hydrogen-bond acceptors (Lipinski definition) is 6. The first-order valence-corrected chi connectivity index (χ1v) is 11.8. The number of anilines is 1. The van der Waals surface area contributed by atoms with Crippen LogP contribution in [0.1, 0.15) is 21.5 Å². The van der Waals surface area contributed by atoms with Crippen LogP contribution in [-0.4, -0.2) is 39.6 Å². The first-order valence-electron chi connectivity index (χ1n) is 10.6. The van der Waals surface area contributed by atoms with E-state index < -0.39 is 29.6 Å². The minimum Gasteiger partial charge on any atom is -0.488 e. The van der Waals surface area contributed by atoms with Crippen molar-refractivity contribution in [3.8, 4) is 5.75 Å². The van der Waals surface area contributed by atoms with Crippen LogP contribution >= 0.6 is 23.4 Å². The van der Waals surface area contributed by atoms with Gasteiger partial charge in [-0.25, -0.2) is 4.79 Å². The van der Waals surface area contributed by atoms with Crippen molar-refractivity contribution in [2.24, 2.45) is 0 Å². The number of halogens is 1. The molecule has 3 aromatic carbocycles. The molecule has 1 fully saturated rings. The number of ether oxygens (including phenoxy) is 1. The third-order valence-electron chi connectivity index (χ3n) is 5.10. The van der Waals surface area contributed by atoms with E-state index >= 15 is 0 Å². The maximum absolute atomic E-state index is 12.9. The maximum Gasteiger partial charge on any atom is 0.335 e. The van der Waals surface area contributed by atoms with Crippen molar-refractivity contribution in [2.75, 3.05) is 11.9 Å². The number of carbonyl (C=O) groups is 4. The fraction of sp³-hybridized carbons (Fsp3) is 0.0769. The van der Waals surface area contributed by atoms with E-state index in [2.05, 4.69) is 5.32 Å². The molecule has 0 atom stereocenters. The highest BCUT2D eigenvalue weighted by Crippen LogP contribution is 2.34. The summed E-state index contributed by atoms with van der Waals surface area (Å²) in [5, 5.41) is 11.6. The minimum atomic E-state index is -1.01. The molecule has 1 aliphatic heterocycles. The van der Waals surface area contributed by atoms with Crippen molar-refractivity contribution < 1.29 is 29.0 Å². The molecular weight excluding hydrogens is 504 g/mol. The molecule has 1 saturated heterocycles. The number of para-hydroxylation sites is 1. The topological polar surface area (TPSA) is 113 Å². The maximum atomic E-state index is 12.9. The van der Waals surface area contributed by atoms with Crippen molar-refractivity contribution in [1.29, 1.82) is 0 Å². The number of amides is 3. The second-order valence-electron chi connectivity index (χ2n) is 7.65. The van der Waals surface area contributed by atoms with Gasteiger partial charge in [-0.1, -0.05) is 41.9 Å². The van der Waals surface area contributed by atoms with Gasteiger partial charge in [-0.2, -0.15) is 0 Å². The zero-order valence-electron chi connectivity index (χ0n) is 18.6. The third kappa shape index (κ3) is 6.12. The van der Waals surface area contributed by atoms with Crippen molar-refractivity contribution >= 4 is 58.1 Å². The van der Waals surface area contributed by atoms with Gasteiger partial charge in [-0.3, -0.25) is 19.3 Å². The molecule has 0 unspecified atom stereocenters. The molecule has 182 valence electrons. The lowest BCUT2D eigenvalue weighted by molar-refractivity contribution is -0.127. The molecule has 0 bridgehead atoms. The number of carbonyl (C=O) groups excluding carboxylic acids is 3. The van der Waals surface area contributed by atoms with Gasteiger partial charge in [0.2, 0.25) is 5.91 Å². The highest BCUT2D eigenvalue weighted by molar-refractivity contribution is 8.18. The number of benzene rings is 3. The van der Waals surface area contributed by atoms with Crippen molar-refractivity contribution in [1.82, 2.24) is 4.90 Å². The van der Waals surface area contributed by atoms with Crippen molar-refractivity contribution in [3.63, 3.8) is 0 Å². The van der Waals surface area contributed by atoms with Crippen LogP contribution in [0.4, 0.5) is 10.5 Å². The summed E-state index contributed by atoms with van der Waals surface area (Å²) in [5.74, 6) is -1.62. The van der Waals surface area contributed by atoms with Gasteiger partial charge in [-0.05, 0) is 65.9 Å². The summed E-state index contributed by atoms with van der Waals surface area (Å²) in [4.78, 5) is 49.7. The second kappa shape index (κ2) is 11.1. The molecule has 4 rings (SSSR count). The molecule has 36 heavy (non-hydrogen) atoms. The van der Waals surface area contributed by atoms with Gasteiger partial charge in [0.15, 0.2) is 0 Å². The summed E-state index contributed by atoms with van der Waals surface area (Å²) in [6, 6.07) is 19.8. The molecule has 1 aliphatic rings. The molecule has 0 saturated carbocycles. The fourth-order valence-electron chi connectivity index (χ4n) is 3.29. The van der Waals surface area contributed by atoms with Crippen LogP contribution in [0, 0.1) is 0 Å². The normalized spacial score (nSPS) is 14.2. The Hall–Kier alpha value is -4.08. The first kappa shape index (κ1) is 25.0. The smallest absolute Gasteiger partial charge is 0.335 e. The van der Waals surface area contributed by atoms with Gasteiger partial charge >= 0.3 is 5.97 Å². The number of carboxylic acid groups (broad SMARTS) is 1. The highest BCUT2D eigenvalue weighted by Gasteiger charge is 2.36. The van der Waals surface area contributed by atoms with Gasteiger partial charge in [0, 0.05) is 16.3 Å². The number of imide groups is 1. The molecule has 2 N–H and O–H groups in total. The SMILES string of the molecule is O=C(CN1C(=O)S/C(=C\c2ccccc2OCc2ccc(C(=O)O)cc2)C1=O)Nc1ccc(Cl)cc1. The Bertz CT molecular complexity index is 1360. The van der Waals surface area contributed by atoms with Crippen LogP contribution in [0.2, 0.25) is 5.02 Å². The van der Waals surface area contributed by atoms with Crippen LogP contribution in [0.3, 0.4) is 0 Å². The van der Waals surface area contributed by atoms with Gasteiger partial charge < -0.3 is 15.2 Å². The van der Waals surface area contributed by atoms with Crippen LogP contribution in [-0.2, 0) is 16.2 Å². The van der Waals surface area contributed by atoms with E-state index in [-0.39, 0.29) is 17.1 Å². The van der Waals surface area contributed by atoms with Gasteiger partial charge in [0.05, 0.1) is 10.5 Å². The van der Waals surface area contributed by atoms with E-state index in [0.29, 0.717) is 22.0 Å². The highest BCUT2D eigenvalue weighted by atomic mass is 35.5. The number of nitrogens with one attached hydrogen (secondary N) is 1. The Morgan fingerprint density at radius 2 is 1.69 bits per heavy atom. The van der Waals surface area contributed by atoms with Gasteiger partial charge in [0.25, 0.3) is 11.1 Å². The summed E-state index contributed by atoms with van der Waals surface area (Å²) in [5.41, 5.74) is 2.02. The van der Waals surface area contributed by atoms with Gasteiger partial charge in [-0.15, -0.1) is 0 Å². The number of thioether (sulfide) groups is 1. The third-order valence-corrected chi connectivity index (χ3v) is 6.26. The van der Waals surface area contributed by atoms with E-state index in [1.807, 2.05) is 0 Å². The van der Waals surface area contributed by atoms with E-state index in [9.17, 15) is 19.2 Å². The van der Waals surface area contributed by atoms with Crippen LogP contribution in [0.15, 0.2) is 77.7 Å². The molecule has 0 spiro atoms. The van der Waals surface area contributed by atoms with Crippen LogP contribution in [0.25, 0.3) is 6.08 Å². The summed E-state index contributed by atoms with van der Waals surface area (Å²) in [6.45, 7) is -0.244. The zero-order chi connectivity index (χ0) is 25.7. The van der Waals surface area contributed by atoms with Crippen molar-refractivity contribution in [3.05, 3.63) is 99.4 Å². The molecule has 1 heterocycles. The average molecular weight is 523 g/mol. The monoisotopic (exact) mass is 522 g/mol. The van der Waals surface area contributed by atoms with Crippen LogP contribution < -0.4 is 10.1 Å². The first-order chi connectivity index (χ1) is 17.3. The Kier molecular flexibility index (Phi) is 7.72. The standard InChI is InChI=1S/C26H19ClN2O6S/c27-19-9-11-20(12-10-19)28-23(30)14-29-24(31)22(36-26(29)34)13-18-3-1-2-4-21(18)35-15-16-5-7-17(8-6-16)25(32)33/h1-13H,14-15H2,(H,28,30)(H,32,33)/b22-13-. The fourth-order valence-corrected chi connectivity index (χ4v) is 4.25. The molecular formula is C26H19ClN2O6S. The van der Waals surface area contributed by atoms with Crippen LogP contribution in [0.5, 0.6) is 5.75 Å². The Labute approximate surface area is 215 Å². The number of aromatic carboxylic acids is 1. The van der Waals surface area contributed by atoms with E-state index in [4.69, 9.17) is 21.4 Å². The second-order valence-corrected chi connectivity index (χ2v) is 9.08. The lowest BCUT2D eigenvalue weighted by Gasteiger charge is -2.12. The largest absolute Gasteiger partial charge is 0.488 e. The molecule has 0 aromatic heterocycles. The van der Waals surface area contributed by atoms with Gasteiger partial charge in [0.1, 0.15) is 18.9 Å². The number of hydrogen-bond donors (Lipinski definition) is 2. The summed E-state index contributed by atoms with van der Waals surface area (Å²) >= 11 is 6.58. The zero-order valence-corrected chi connectivity index (χ0v) is 20.2. The molecule has 3 amide bonds. The lowest BCUT2D eigenvalue weighted by Crippen LogP contribution is -2.36. The Morgan fingerprint density at radius 3 is 2.39 bits per heavy atom. The van der Waals surface area contributed by atoms with E-state index in [1.165, 1.54) is 12.1 Å². The summed E-state index contributed by atoms with van der Waals surface area (Å²) in [6.07, 6.45) is 1.55. The van der Waals surface area contributed by atoms with E-state index in [0.717, 1.165) is 22.2 Å². The quantitative estimate of drug-likeness (QED) is 0.386. The summed E-state index contributed by atoms with van der Waals surface area (Å²) < 4.78 is 5.88. The Morgan fingerprint density at radius 1 is 1.00 bits per heavy atom. The molecule has 8 nitrogen and oxygen atoms in total. The number of rotatable bonds is 8. The molecule has 0 radical (unpaired) electrons. The minimum absolute atomic E-state index is 0.168. The predicted molar refractivity (Wildman–Crippen MR) is 137 cm³/mol. The summed E-state index contributed by atoms with van der Waals surface area (Å²) in [7, 11) is 0. The molecule has 10 heteroatoms. The number of carboxylic acids is 1. The van der Waals surface area contributed by atoms with E-state index in [1.54, 1.807) is 66.7 Å². The van der Waals surface area contributed by atoms with Crippen molar-refractivity contribution in [2.45, 2.75) is 6.61 Å². The molecule has 3 aromatic rings. The number of nitrogens with zero attached hydrogens (tertiary/aromatic N) is 1. The lowest BCUT2D eigenvalue weighted by atomic mass is 10.1. The average Bonchev–Trinajstić information content (AvgIpc) is 3.12. The molecule has 0 aliphatic carbocycles. The predicted octanol–water partition coefficient (Wildman–Crippen LogP) is 5.29.